The molecule has 96 valence electrons. The first-order valence-corrected chi connectivity index (χ1v) is 6.40. The van der Waals surface area contributed by atoms with Gasteiger partial charge in [0.25, 0.3) is 0 Å². The molecule has 0 aliphatic rings. The second-order valence-electron chi connectivity index (χ2n) is 4.08. The van der Waals surface area contributed by atoms with Gasteiger partial charge in [-0.1, -0.05) is 0 Å². The molecule has 0 spiro atoms. The topological polar surface area (TPSA) is 67.2 Å². The molecule has 0 unspecified atom stereocenters. The van der Waals surface area contributed by atoms with E-state index in [1.165, 1.54) is 11.3 Å². The third kappa shape index (κ3) is 2.96. The molecule has 0 aromatic carbocycles. The summed E-state index contributed by atoms with van der Waals surface area (Å²) >= 11 is 1.31. The number of carbonyl (C=O) groups is 1. The molecule has 5 nitrogen and oxygen atoms in total. The summed E-state index contributed by atoms with van der Waals surface area (Å²) in [4.78, 5) is 12.3. The highest BCUT2D eigenvalue weighted by Gasteiger charge is 2.10. The summed E-state index contributed by atoms with van der Waals surface area (Å²) in [5, 5.41) is 16.4. The van der Waals surface area contributed by atoms with Crippen molar-refractivity contribution in [3.8, 4) is 0 Å². The van der Waals surface area contributed by atoms with E-state index in [1.54, 1.807) is 10.7 Å². The van der Waals surface area contributed by atoms with Crippen molar-refractivity contribution in [3.05, 3.63) is 39.3 Å². The molecule has 0 saturated carbocycles. The summed E-state index contributed by atoms with van der Waals surface area (Å²) in [6.45, 7) is 3.28. The van der Waals surface area contributed by atoms with E-state index in [1.807, 2.05) is 26.2 Å². The Morgan fingerprint density at radius 2 is 2.33 bits per heavy atom. The number of nitrogens with one attached hydrogen (secondary N) is 1. The maximum absolute atomic E-state index is 10.8. The van der Waals surface area contributed by atoms with E-state index in [-0.39, 0.29) is 0 Å². The number of aryl methyl sites for hydroxylation is 2. The number of aromatic carboxylic acids is 1. The van der Waals surface area contributed by atoms with E-state index >= 15 is 0 Å². The summed E-state index contributed by atoms with van der Waals surface area (Å²) in [7, 11) is 1.88. The molecule has 6 heteroatoms. The molecule has 18 heavy (non-hydrogen) atoms. The van der Waals surface area contributed by atoms with Crippen molar-refractivity contribution < 1.29 is 9.90 Å². The molecule has 2 aromatic rings. The molecule has 0 saturated heterocycles. The van der Waals surface area contributed by atoms with E-state index in [9.17, 15) is 4.79 Å². The first-order valence-electron chi connectivity index (χ1n) is 5.58. The van der Waals surface area contributed by atoms with Gasteiger partial charge in [-0.15, -0.1) is 11.3 Å². The Balaban J connectivity index is 1.92. The zero-order valence-corrected chi connectivity index (χ0v) is 11.1. The minimum atomic E-state index is -0.862. The van der Waals surface area contributed by atoms with Crippen molar-refractivity contribution in [2.24, 2.45) is 7.05 Å². The average Bonchev–Trinajstić information content (AvgIpc) is 2.87. The number of hydrogen-bond acceptors (Lipinski definition) is 4. The summed E-state index contributed by atoms with van der Waals surface area (Å²) in [5.74, 6) is -0.862. The maximum Gasteiger partial charge on any atom is 0.345 e. The molecular weight excluding hydrogens is 250 g/mol. The first-order chi connectivity index (χ1) is 8.56. The van der Waals surface area contributed by atoms with Crippen LogP contribution in [0.15, 0.2) is 18.3 Å². The van der Waals surface area contributed by atoms with Gasteiger partial charge in [-0.05, 0) is 24.6 Å². The van der Waals surface area contributed by atoms with Crippen LogP contribution in [0, 0.1) is 6.92 Å². The molecule has 0 aliphatic heterocycles. The van der Waals surface area contributed by atoms with Crippen molar-refractivity contribution in [2.45, 2.75) is 20.0 Å². The van der Waals surface area contributed by atoms with Crippen LogP contribution in [0.2, 0.25) is 0 Å². The minimum absolute atomic E-state index is 0.391. The Morgan fingerprint density at radius 3 is 2.89 bits per heavy atom. The predicted octanol–water partition coefficient (Wildman–Crippen LogP) is 1.78. The fourth-order valence-corrected chi connectivity index (χ4v) is 2.56. The Labute approximate surface area is 109 Å². The highest BCUT2D eigenvalue weighted by atomic mass is 32.1. The SMILES string of the molecule is Cc1sc(C(=O)O)cc1CNCc1ccn(C)n1. The Hall–Kier alpha value is -1.66. The molecule has 2 N–H and O–H groups in total. The molecule has 0 atom stereocenters. The largest absolute Gasteiger partial charge is 0.477 e. The van der Waals surface area contributed by atoms with Crippen molar-refractivity contribution in [1.29, 1.82) is 0 Å². The van der Waals surface area contributed by atoms with Gasteiger partial charge in [0.05, 0.1) is 5.69 Å². The van der Waals surface area contributed by atoms with Gasteiger partial charge in [0.2, 0.25) is 0 Å². The second-order valence-corrected chi connectivity index (χ2v) is 5.34. The fraction of sp³-hybridized carbons (Fsp3) is 0.333. The molecule has 0 aliphatic carbocycles. The van der Waals surface area contributed by atoms with Crippen LogP contribution >= 0.6 is 11.3 Å². The molecule has 0 amide bonds. The normalized spacial score (nSPS) is 10.8. The van der Waals surface area contributed by atoms with Crippen LogP contribution in [0.25, 0.3) is 0 Å². The van der Waals surface area contributed by atoms with Gasteiger partial charge in [-0.25, -0.2) is 4.79 Å². The number of carboxylic acid groups (broad SMARTS) is 1. The second kappa shape index (κ2) is 5.32. The quantitative estimate of drug-likeness (QED) is 0.864. The highest BCUT2D eigenvalue weighted by molar-refractivity contribution is 7.14. The van der Waals surface area contributed by atoms with Crippen molar-refractivity contribution >= 4 is 17.3 Å². The Kier molecular flexibility index (Phi) is 3.78. The van der Waals surface area contributed by atoms with E-state index in [4.69, 9.17) is 5.11 Å². The predicted molar refractivity (Wildman–Crippen MR) is 69.8 cm³/mol. The standard InChI is InChI=1S/C12H15N3O2S/c1-8-9(5-11(18-8)12(16)17)6-13-7-10-3-4-15(2)14-10/h3-5,13H,6-7H2,1-2H3,(H,16,17). The van der Waals surface area contributed by atoms with Gasteiger partial charge in [0.15, 0.2) is 0 Å². The van der Waals surface area contributed by atoms with Crippen molar-refractivity contribution in [1.82, 2.24) is 15.1 Å². The van der Waals surface area contributed by atoms with Crippen molar-refractivity contribution in [3.63, 3.8) is 0 Å². The van der Waals surface area contributed by atoms with Crippen LogP contribution in [-0.4, -0.2) is 20.9 Å². The van der Waals surface area contributed by atoms with Crippen molar-refractivity contribution in [2.75, 3.05) is 0 Å². The van der Waals surface area contributed by atoms with Crippen LogP contribution in [0.3, 0.4) is 0 Å². The van der Waals surface area contributed by atoms with E-state index in [0.717, 1.165) is 16.1 Å². The highest BCUT2D eigenvalue weighted by Crippen LogP contribution is 2.21. The van der Waals surface area contributed by atoms with Gasteiger partial charge < -0.3 is 10.4 Å². The van der Waals surface area contributed by atoms with Gasteiger partial charge in [-0.3, -0.25) is 4.68 Å². The van der Waals surface area contributed by atoms with Crippen LogP contribution in [0.4, 0.5) is 0 Å². The number of thiophene rings is 1. The lowest BCUT2D eigenvalue weighted by atomic mass is 10.2. The fourth-order valence-electron chi connectivity index (χ4n) is 1.68. The number of hydrogen-bond donors (Lipinski definition) is 2. The van der Waals surface area contributed by atoms with Gasteiger partial charge in [0, 0.05) is 31.2 Å². The van der Waals surface area contributed by atoms with Crippen LogP contribution in [0.1, 0.15) is 25.8 Å². The summed E-state index contributed by atoms with van der Waals surface area (Å²) in [6, 6.07) is 3.68. The van der Waals surface area contributed by atoms with E-state index in [2.05, 4.69) is 10.4 Å². The molecule has 0 bridgehead atoms. The zero-order chi connectivity index (χ0) is 13.1. The van der Waals surface area contributed by atoms with Crippen LogP contribution in [-0.2, 0) is 20.1 Å². The maximum atomic E-state index is 10.8. The van der Waals surface area contributed by atoms with E-state index in [0.29, 0.717) is 18.0 Å². The molecule has 2 rings (SSSR count). The Bertz CT molecular complexity index is 559. The lowest BCUT2D eigenvalue weighted by Crippen LogP contribution is -2.13. The van der Waals surface area contributed by atoms with Gasteiger partial charge >= 0.3 is 5.97 Å². The molecular formula is C12H15N3O2S. The lowest BCUT2D eigenvalue weighted by molar-refractivity contribution is 0.0702. The van der Waals surface area contributed by atoms with Crippen LogP contribution in [0.5, 0.6) is 0 Å². The van der Waals surface area contributed by atoms with Gasteiger partial charge in [-0.2, -0.15) is 5.10 Å². The zero-order valence-electron chi connectivity index (χ0n) is 10.3. The van der Waals surface area contributed by atoms with E-state index < -0.39 is 5.97 Å². The molecule has 2 aromatic heterocycles. The number of carboxylic acids is 1. The summed E-state index contributed by atoms with van der Waals surface area (Å²) in [5.41, 5.74) is 2.01. The monoisotopic (exact) mass is 265 g/mol. The molecule has 0 radical (unpaired) electrons. The third-order valence-electron chi connectivity index (χ3n) is 2.62. The molecule has 2 heterocycles. The first kappa shape index (κ1) is 12.8. The molecule has 0 fully saturated rings. The number of aromatic nitrogens is 2. The van der Waals surface area contributed by atoms with Crippen LogP contribution < -0.4 is 5.32 Å². The lowest BCUT2D eigenvalue weighted by Gasteiger charge is -2.01. The number of rotatable bonds is 5. The minimum Gasteiger partial charge on any atom is -0.477 e. The Morgan fingerprint density at radius 1 is 1.56 bits per heavy atom. The average molecular weight is 265 g/mol. The third-order valence-corrected chi connectivity index (χ3v) is 3.70. The summed E-state index contributed by atoms with van der Waals surface area (Å²) < 4.78 is 1.76. The number of nitrogens with zero attached hydrogens (tertiary/aromatic N) is 2. The van der Waals surface area contributed by atoms with Gasteiger partial charge in [0.1, 0.15) is 4.88 Å². The smallest absolute Gasteiger partial charge is 0.345 e. The summed E-state index contributed by atoms with van der Waals surface area (Å²) in [6.07, 6.45) is 1.90.